The first-order valence-electron chi connectivity index (χ1n) is 9.61. The van der Waals surface area contributed by atoms with Crippen molar-refractivity contribution in [1.82, 2.24) is 0 Å². The molecule has 4 rings (SSSR count). The molecule has 0 spiro atoms. The van der Waals surface area contributed by atoms with Crippen LogP contribution in [-0.4, -0.2) is 73.7 Å². The molecule has 166 valence electrons. The van der Waals surface area contributed by atoms with Crippen molar-refractivity contribution < 1.29 is 49.6 Å². The van der Waals surface area contributed by atoms with E-state index in [1.165, 1.54) is 6.07 Å². The van der Waals surface area contributed by atoms with E-state index in [9.17, 15) is 35.4 Å². The van der Waals surface area contributed by atoms with Gasteiger partial charge >= 0.3 is 0 Å². The minimum Gasteiger partial charge on any atom is -0.508 e. The number of benzene rings is 2. The van der Waals surface area contributed by atoms with E-state index in [-0.39, 0.29) is 40.8 Å². The van der Waals surface area contributed by atoms with E-state index in [2.05, 4.69) is 0 Å². The molecule has 31 heavy (non-hydrogen) atoms. The summed E-state index contributed by atoms with van der Waals surface area (Å²) >= 11 is 0. The third kappa shape index (κ3) is 4.03. The van der Waals surface area contributed by atoms with Crippen LogP contribution in [-0.2, 0) is 4.74 Å². The lowest BCUT2D eigenvalue weighted by molar-refractivity contribution is -0.277. The number of carbonyl (C=O) groups is 1. The van der Waals surface area contributed by atoms with E-state index in [1.54, 1.807) is 24.3 Å². The van der Waals surface area contributed by atoms with Gasteiger partial charge in [-0.05, 0) is 17.7 Å². The molecule has 2 aromatic carbocycles. The molecule has 2 heterocycles. The molecule has 1 fully saturated rings. The summed E-state index contributed by atoms with van der Waals surface area (Å²) in [4.78, 5) is 12.4. The zero-order valence-corrected chi connectivity index (χ0v) is 16.2. The maximum Gasteiger partial charge on any atom is 0.229 e. The highest BCUT2D eigenvalue weighted by molar-refractivity contribution is 6.02. The number of phenols is 2. The summed E-state index contributed by atoms with van der Waals surface area (Å²) < 4.78 is 16.6. The van der Waals surface area contributed by atoms with Gasteiger partial charge in [0.1, 0.15) is 59.1 Å². The molecular weight excluding hydrogens is 412 g/mol. The van der Waals surface area contributed by atoms with Crippen molar-refractivity contribution in [3.63, 3.8) is 0 Å². The molecule has 2 aliphatic rings. The predicted octanol–water partition coefficient (Wildman–Crippen LogP) is -0.0170. The molecule has 1 saturated heterocycles. The number of hydrogen-bond acceptors (Lipinski definition) is 10. The minimum atomic E-state index is -1.55. The van der Waals surface area contributed by atoms with Crippen LogP contribution in [0.5, 0.6) is 23.0 Å². The average molecular weight is 434 g/mol. The Bertz CT molecular complexity index is 957. The van der Waals surface area contributed by atoms with Crippen LogP contribution in [0.1, 0.15) is 28.4 Å². The molecule has 0 unspecified atom stereocenters. The lowest BCUT2D eigenvalue weighted by atomic mass is 9.95. The van der Waals surface area contributed by atoms with E-state index in [4.69, 9.17) is 14.2 Å². The molecule has 0 bridgehead atoms. The highest BCUT2D eigenvalue weighted by atomic mass is 16.7. The smallest absolute Gasteiger partial charge is 0.229 e. The van der Waals surface area contributed by atoms with E-state index in [0.717, 1.165) is 6.07 Å². The molecule has 10 nitrogen and oxygen atoms in total. The Morgan fingerprint density at radius 2 is 1.71 bits per heavy atom. The largest absolute Gasteiger partial charge is 0.508 e. The monoisotopic (exact) mass is 434 g/mol. The number of hydrogen-bond donors (Lipinski definition) is 6. The van der Waals surface area contributed by atoms with Crippen LogP contribution in [0.2, 0.25) is 0 Å². The van der Waals surface area contributed by atoms with Gasteiger partial charge in [-0.3, -0.25) is 4.79 Å². The predicted molar refractivity (Wildman–Crippen MR) is 103 cm³/mol. The SMILES string of the molecule is O=C1C[C@H](c2ccc(O[C@@H]3O[C@@H](CO)[C@H](O)[C@@H](O)[C@@H]3O)cc2)Oc2cc(O)cc(O)c21. The fraction of sp³-hybridized carbons (Fsp3) is 0.381. The Balaban J connectivity index is 1.48. The Kier molecular flexibility index (Phi) is 5.73. The van der Waals surface area contributed by atoms with E-state index >= 15 is 0 Å². The highest BCUT2D eigenvalue weighted by Crippen LogP contribution is 2.41. The van der Waals surface area contributed by atoms with Gasteiger partial charge in [-0.2, -0.15) is 0 Å². The van der Waals surface area contributed by atoms with Crippen molar-refractivity contribution in [1.29, 1.82) is 0 Å². The number of aliphatic hydroxyl groups excluding tert-OH is 4. The van der Waals surface area contributed by atoms with Crippen molar-refractivity contribution in [3.8, 4) is 23.0 Å². The molecule has 0 aliphatic carbocycles. The number of aliphatic hydroxyl groups is 4. The third-order valence-electron chi connectivity index (χ3n) is 5.34. The number of ether oxygens (including phenoxy) is 3. The van der Waals surface area contributed by atoms with Crippen LogP contribution in [0.25, 0.3) is 0 Å². The van der Waals surface area contributed by atoms with Crippen LogP contribution in [0.15, 0.2) is 36.4 Å². The molecule has 0 radical (unpaired) electrons. The van der Waals surface area contributed by atoms with Gasteiger partial charge in [0.15, 0.2) is 5.78 Å². The Labute approximate surface area is 176 Å². The van der Waals surface area contributed by atoms with Gasteiger partial charge in [0, 0.05) is 12.1 Å². The van der Waals surface area contributed by atoms with E-state index in [1.807, 2.05) is 0 Å². The number of fused-ring (bicyclic) bond motifs is 1. The number of phenolic OH excluding ortho intramolecular Hbond substituents is 2. The first-order chi connectivity index (χ1) is 14.8. The summed E-state index contributed by atoms with van der Waals surface area (Å²) in [7, 11) is 0. The Morgan fingerprint density at radius 3 is 2.39 bits per heavy atom. The van der Waals surface area contributed by atoms with Gasteiger partial charge < -0.3 is 44.8 Å². The van der Waals surface area contributed by atoms with Crippen LogP contribution >= 0.6 is 0 Å². The van der Waals surface area contributed by atoms with Crippen molar-refractivity contribution in [2.45, 2.75) is 43.2 Å². The highest BCUT2D eigenvalue weighted by Gasteiger charge is 2.44. The minimum absolute atomic E-state index is 0.0156. The fourth-order valence-electron chi connectivity index (χ4n) is 3.67. The van der Waals surface area contributed by atoms with Crippen LogP contribution in [0, 0.1) is 0 Å². The number of aromatic hydroxyl groups is 2. The van der Waals surface area contributed by atoms with Crippen molar-refractivity contribution in [3.05, 3.63) is 47.5 Å². The number of carbonyl (C=O) groups excluding carboxylic acids is 1. The fourth-order valence-corrected chi connectivity index (χ4v) is 3.67. The zero-order valence-electron chi connectivity index (χ0n) is 16.2. The van der Waals surface area contributed by atoms with Gasteiger partial charge in [-0.25, -0.2) is 0 Å². The maximum absolute atomic E-state index is 12.4. The topological polar surface area (TPSA) is 166 Å². The summed E-state index contributed by atoms with van der Waals surface area (Å²) in [6.07, 6.45) is -7.63. The second-order valence-electron chi connectivity index (χ2n) is 7.46. The maximum atomic E-state index is 12.4. The summed E-state index contributed by atoms with van der Waals surface area (Å²) in [5, 5.41) is 58.5. The molecule has 0 amide bonds. The number of ketones is 1. The Morgan fingerprint density at radius 1 is 1.00 bits per heavy atom. The molecule has 2 aliphatic heterocycles. The van der Waals surface area contributed by atoms with Gasteiger partial charge in [0.05, 0.1) is 13.0 Å². The molecule has 10 heteroatoms. The van der Waals surface area contributed by atoms with Gasteiger partial charge in [0.25, 0.3) is 0 Å². The molecule has 2 aromatic rings. The molecular formula is C21H22O10. The summed E-state index contributed by atoms with van der Waals surface area (Å²) in [6.45, 7) is -0.566. The van der Waals surface area contributed by atoms with Gasteiger partial charge in [-0.15, -0.1) is 0 Å². The first-order valence-corrected chi connectivity index (χ1v) is 9.61. The van der Waals surface area contributed by atoms with Crippen LogP contribution in [0.4, 0.5) is 0 Å². The third-order valence-corrected chi connectivity index (χ3v) is 5.34. The summed E-state index contributed by atoms with van der Waals surface area (Å²) in [6, 6.07) is 8.68. The molecule has 6 N–H and O–H groups in total. The van der Waals surface area contributed by atoms with E-state index in [0.29, 0.717) is 5.56 Å². The van der Waals surface area contributed by atoms with Crippen molar-refractivity contribution in [2.24, 2.45) is 0 Å². The number of Topliss-reactive ketones (excluding diaryl/α,β-unsaturated/α-hetero) is 1. The Hall–Kier alpha value is -2.89. The number of rotatable bonds is 4. The average Bonchev–Trinajstić information content (AvgIpc) is 2.73. The lowest BCUT2D eigenvalue weighted by Crippen LogP contribution is -2.60. The molecule has 0 aromatic heterocycles. The van der Waals surface area contributed by atoms with Crippen molar-refractivity contribution in [2.75, 3.05) is 6.61 Å². The van der Waals surface area contributed by atoms with Crippen molar-refractivity contribution >= 4 is 5.78 Å². The second-order valence-corrected chi connectivity index (χ2v) is 7.46. The summed E-state index contributed by atoms with van der Waals surface area (Å²) in [5.74, 6) is -0.550. The second kappa shape index (κ2) is 8.33. The zero-order chi connectivity index (χ0) is 22.3. The van der Waals surface area contributed by atoms with E-state index < -0.39 is 43.4 Å². The van der Waals surface area contributed by atoms with Gasteiger partial charge in [0.2, 0.25) is 6.29 Å². The van der Waals surface area contributed by atoms with Gasteiger partial charge in [-0.1, -0.05) is 12.1 Å². The standard InChI is InChI=1S/C21H22O10/c22-8-16-18(26)19(27)20(28)21(31-16)29-11-3-1-9(2-4-11)14-7-13(25)17-12(24)5-10(23)6-15(17)30-14/h1-6,14,16,18-24,26-28H,7-8H2/t14-,16+,18+,19-,20+,21-/m1/s1. The summed E-state index contributed by atoms with van der Waals surface area (Å²) in [5.41, 5.74) is 0.652. The molecule has 6 atom stereocenters. The normalized spacial score (nSPS) is 30.4. The quantitative estimate of drug-likeness (QED) is 0.385. The first kappa shape index (κ1) is 21.3. The van der Waals surface area contributed by atoms with Crippen LogP contribution in [0.3, 0.4) is 0 Å². The molecule has 0 saturated carbocycles. The lowest BCUT2D eigenvalue weighted by Gasteiger charge is -2.39. The van der Waals surface area contributed by atoms with Crippen LogP contribution < -0.4 is 9.47 Å².